The van der Waals surface area contributed by atoms with Gasteiger partial charge in [0.25, 0.3) is 0 Å². The van der Waals surface area contributed by atoms with Crippen molar-refractivity contribution in [3.8, 4) is 17.0 Å². The Bertz CT molecular complexity index is 1210. The highest BCUT2D eigenvalue weighted by atomic mass is 16.5. The summed E-state index contributed by atoms with van der Waals surface area (Å²) in [5, 5.41) is 3.48. The lowest BCUT2D eigenvalue weighted by Crippen LogP contribution is -2.08. The third-order valence-electron chi connectivity index (χ3n) is 5.82. The molecule has 7 heteroatoms. The minimum atomic E-state index is 0.226. The van der Waals surface area contributed by atoms with Crippen LogP contribution in [-0.2, 0) is 24.7 Å². The molecule has 0 unspecified atom stereocenters. The summed E-state index contributed by atoms with van der Waals surface area (Å²) in [4.78, 5) is 26.0. The lowest BCUT2D eigenvalue weighted by molar-refractivity contribution is -0.119. The van der Waals surface area contributed by atoms with Gasteiger partial charge in [0.1, 0.15) is 17.2 Å². The Kier molecular flexibility index (Phi) is 4.81. The number of carbonyl (C=O) groups excluding carboxylic acids is 1. The number of imidazole rings is 1. The zero-order valence-electron chi connectivity index (χ0n) is 18.0. The van der Waals surface area contributed by atoms with E-state index in [1.807, 2.05) is 49.0 Å². The molecule has 1 aromatic carbocycles. The van der Waals surface area contributed by atoms with Crippen LogP contribution in [0.5, 0.6) is 5.75 Å². The molecule has 1 saturated carbocycles. The first-order chi connectivity index (χ1) is 15.0. The number of nitrogens with zero attached hydrogens (tertiary/aromatic N) is 4. The number of Topliss-reactive ketones (excluding diaryl/α,β-unsaturated/α-hetero) is 1. The maximum Gasteiger partial charge on any atom is 0.142 e. The highest BCUT2D eigenvalue weighted by molar-refractivity contribution is 5.95. The fourth-order valence-corrected chi connectivity index (χ4v) is 4.02. The first-order valence-electron chi connectivity index (χ1n) is 10.5. The molecule has 1 N–H and O–H groups in total. The first-order valence-corrected chi connectivity index (χ1v) is 10.5. The van der Waals surface area contributed by atoms with Gasteiger partial charge >= 0.3 is 0 Å². The molecule has 5 rings (SSSR count). The van der Waals surface area contributed by atoms with E-state index in [4.69, 9.17) is 14.7 Å². The molecule has 0 atom stereocenters. The SMILES string of the molecule is COc1cc(-c2cncn2C)ccc1Nc1cc(CC(=O)C2CC2)nc2c1N=C(C)C2. The number of aromatic nitrogens is 3. The lowest BCUT2D eigenvalue weighted by atomic mass is 10.1. The summed E-state index contributed by atoms with van der Waals surface area (Å²) < 4.78 is 7.64. The van der Waals surface area contributed by atoms with E-state index in [2.05, 4.69) is 10.3 Å². The van der Waals surface area contributed by atoms with Crippen LogP contribution in [0.15, 0.2) is 41.8 Å². The van der Waals surface area contributed by atoms with Crippen LogP contribution in [0, 0.1) is 5.92 Å². The summed E-state index contributed by atoms with van der Waals surface area (Å²) in [7, 11) is 3.62. The van der Waals surface area contributed by atoms with Gasteiger partial charge in [0.05, 0.1) is 48.1 Å². The molecule has 1 aliphatic carbocycles. The average molecular weight is 415 g/mol. The van der Waals surface area contributed by atoms with Crippen molar-refractivity contribution in [3.05, 3.63) is 48.2 Å². The number of anilines is 2. The van der Waals surface area contributed by atoms with Gasteiger partial charge < -0.3 is 14.6 Å². The molecular formula is C24H25N5O2. The Balaban J connectivity index is 1.49. The molecule has 0 bridgehead atoms. The number of ketones is 1. The normalized spacial score (nSPS) is 14.9. The van der Waals surface area contributed by atoms with Crippen molar-refractivity contribution in [2.24, 2.45) is 18.0 Å². The third-order valence-corrected chi connectivity index (χ3v) is 5.82. The molecule has 3 aromatic rings. The second-order valence-electron chi connectivity index (χ2n) is 8.33. The Morgan fingerprint density at radius 2 is 2.10 bits per heavy atom. The molecule has 31 heavy (non-hydrogen) atoms. The van der Waals surface area contributed by atoms with Crippen LogP contribution in [0.2, 0.25) is 0 Å². The molecule has 3 heterocycles. The van der Waals surface area contributed by atoms with Crippen molar-refractivity contribution in [1.82, 2.24) is 14.5 Å². The predicted molar refractivity (Wildman–Crippen MR) is 121 cm³/mol. The highest BCUT2D eigenvalue weighted by Crippen LogP contribution is 2.40. The standard InChI is InChI=1S/C24H25N5O2/c1-14-8-19-24(26-14)20(10-17(27-19)11-22(30)15-4-5-15)28-18-7-6-16(9-23(18)31-3)21-12-25-13-29(21)2/h6-7,9-10,12-13,15H,4-5,8,11H2,1-3H3,(H,27,28). The highest BCUT2D eigenvalue weighted by Gasteiger charge is 2.30. The number of hydrogen-bond donors (Lipinski definition) is 1. The lowest BCUT2D eigenvalue weighted by Gasteiger charge is -2.15. The maximum absolute atomic E-state index is 12.4. The van der Waals surface area contributed by atoms with Crippen LogP contribution in [-0.4, -0.2) is 33.1 Å². The first kappa shape index (κ1) is 19.5. The number of rotatable bonds is 7. The topological polar surface area (TPSA) is 81.4 Å². The molecular weight excluding hydrogens is 390 g/mol. The van der Waals surface area contributed by atoms with Crippen molar-refractivity contribution in [2.75, 3.05) is 12.4 Å². The monoisotopic (exact) mass is 415 g/mol. The summed E-state index contributed by atoms with van der Waals surface area (Å²) >= 11 is 0. The molecule has 2 aliphatic rings. The average Bonchev–Trinajstić information content (AvgIpc) is 3.41. The molecule has 7 nitrogen and oxygen atoms in total. The summed E-state index contributed by atoms with van der Waals surface area (Å²) in [6.07, 6.45) is 6.72. The number of carbonyl (C=O) groups is 1. The zero-order chi connectivity index (χ0) is 21.5. The molecule has 0 saturated heterocycles. The van der Waals surface area contributed by atoms with E-state index in [-0.39, 0.29) is 11.7 Å². The molecule has 0 radical (unpaired) electrons. The van der Waals surface area contributed by atoms with Gasteiger partial charge in [-0.1, -0.05) is 6.07 Å². The van der Waals surface area contributed by atoms with Gasteiger partial charge in [0.2, 0.25) is 0 Å². The van der Waals surface area contributed by atoms with Crippen LogP contribution in [0.4, 0.5) is 17.1 Å². The minimum Gasteiger partial charge on any atom is -0.495 e. The number of pyridine rings is 1. The molecule has 0 spiro atoms. The van der Waals surface area contributed by atoms with Crippen LogP contribution < -0.4 is 10.1 Å². The van der Waals surface area contributed by atoms with Crippen LogP contribution in [0.1, 0.15) is 31.2 Å². The molecule has 1 aliphatic heterocycles. The fraction of sp³-hybridized carbons (Fsp3) is 0.333. The fourth-order valence-electron chi connectivity index (χ4n) is 4.02. The van der Waals surface area contributed by atoms with Crippen molar-refractivity contribution in [3.63, 3.8) is 0 Å². The van der Waals surface area contributed by atoms with Crippen molar-refractivity contribution >= 4 is 28.6 Å². The van der Waals surface area contributed by atoms with Gasteiger partial charge in [0.15, 0.2) is 0 Å². The second kappa shape index (κ2) is 7.65. The number of ether oxygens (including phenoxy) is 1. The minimum absolute atomic E-state index is 0.226. The number of methoxy groups -OCH3 is 1. The number of aliphatic imine (C=N–C) groups is 1. The number of hydrogen-bond acceptors (Lipinski definition) is 6. The predicted octanol–water partition coefficient (Wildman–Crippen LogP) is 4.40. The quantitative estimate of drug-likeness (QED) is 0.618. The van der Waals surface area contributed by atoms with E-state index in [1.165, 1.54) is 0 Å². The summed E-state index contributed by atoms with van der Waals surface area (Å²) in [6, 6.07) is 7.98. The van der Waals surface area contributed by atoms with Crippen LogP contribution in [0.3, 0.4) is 0 Å². The van der Waals surface area contributed by atoms with Crippen molar-refractivity contribution in [1.29, 1.82) is 0 Å². The van der Waals surface area contributed by atoms with E-state index >= 15 is 0 Å². The molecule has 0 amide bonds. The summed E-state index contributed by atoms with van der Waals surface area (Å²) in [6.45, 7) is 2.00. The molecule has 1 fully saturated rings. The molecule has 158 valence electrons. The number of benzene rings is 1. The van der Waals surface area contributed by atoms with E-state index in [0.29, 0.717) is 12.8 Å². The largest absolute Gasteiger partial charge is 0.495 e. The van der Waals surface area contributed by atoms with Gasteiger partial charge in [-0.15, -0.1) is 0 Å². The van der Waals surface area contributed by atoms with Crippen LogP contribution >= 0.6 is 0 Å². The number of aryl methyl sites for hydroxylation is 1. The van der Waals surface area contributed by atoms with Crippen molar-refractivity contribution in [2.45, 2.75) is 32.6 Å². The zero-order valence-corrected chi connectivity index (χ0v) is 18.0. The Hall–Kier alpha value is -3.48. The van der Waals surface area contributed by atoms with Gasteiger partial charge in [-0.3, -0.25) is 14.8 Å². The second-order valence-corrected chi connectivity index (χ2v) is 8.33. The number of fused-ring (bicyclic) bond motifs is 1. The van der Waals surface area contributed by atoms with Gasteiger partial charge in [-0.25, -0.2) is 4.98 Å². The van der Waals surface area contributed by atoms with Crippen molar-refractivity contribution < 1.29 is 9.53 Å². The third kappa shape index (κ3) is 3.83. The van der Waals surface area contributed by atoms with Crippen LogP contribution in [0.25, 0.3) is 11.3 Å². The Morgan fingerprint density at radius 1 is 1.26 bits per heavy atom. The Labute approximate surface area is 181 Å². The number of nitrogens with one attached hydrogen (secondary N) is 1. The van der Waals surface area contributed by atoms with E-state index in [1.54, 1.807) is 13.4 Å². The van der Waals surface area contributed by atoms with E-state index < -0.39 is 0 Å². The van der Waals surface area contributed by atoms with Gasteiger partial charge in [-0.2, -0.15) is 0 Å². The van der Waals surface area contributed by atoms with E-state index in [0.717, 1.165) is 64.0 Å². The van der Waals surface area contributed by atoms with Gasteiger partial charge in [-0.05, 0) is 38.0 Å². The summed E-state index contributed by atoms with van der Waals surface area (Å²) in [5.41, 5.74) is 7.31. The van der Waals surface area contributed by atoms with E-state index in [9.17, 15) is 4.79 Å². The maximum atomic E-state index is 12.4. The Morgan fingerprint density at radius 3 is 2.81 bits per heavy atom. The summed E-state index contributed by atoms with van der Waals surface area (Å²) in [5.74, 6) is 1.23. The smallest absolute Gasteiger partial charge is 0.142 e. The molecule has 2 aromatic heterocycles. The van der Waals surface area contributed by atoms with Gasteiger partial charge in [0, 0.05) is 37.1 Å².